The molecule has 0 saturated heterocycles. The molecule has 0 aliphatic carbocycles. The largest absolute Gasteiger partial charge is 0.483 e. The zero-order chi connectivity index (χ0) is 20.6. The molecule has 0 unspecified atom stereocenters. The van der Waals surface area contributed by atoms with Crippen LogP contribution in [0.15, 0.2) is 72.8 Å². The maximum atomic E-state index is 12.2. The summed E-state index contributed by atoms with van der Waals surface area (Å²) in [5.41, 5.74) is 3.94. The molecular formula is C23H23N3O3. The first-order valence-electron chi connectivity index (χ1n) is 9.23. The van der Waals surface area contributed by atoms with E-state index in [0.29, 0.717) is 22.8 Å². The maximum Gasteiger partial charge on any atom is 0.323 e. The van der Waals surface area contributed by atoms with E-state index in [0.717, 1.165) is 11.1 Å². The highest BCUT2D eigenvalue weighted by Crippen LogP contribution is 2.21. The first-order valence-corrected chi connectivity index (χ1v) is 9.23. The van der Waals surface area contributed by atoms with Gasteiger partial charge in [-0.15, -0.1) is 0 Å². The smallest absolute Gasteiger partial charge is 0.323 e. The van der Waals surface area contributed by atoms with Gasteiger partial charge in [0.2, 0.25) is 0 Å². The lowest BCUT2D eigenvalue weighted by Crippen LogP contribution is -2.21. The molecule has 0 spiro atoms. The molecule has 0 aliphatic heterocycles. The number of hydrogen-bond acceptors (Lipinski definition) is 3. The molecule has 0 heterocycles. The topological polar surface area (TPSA) is 79.5 Å². The third-order valence-corrected chi connectivity index (χ3v) is 4.35. The number of anilines is 3. The van der Waals surface area contributed by atoms with E-state index in [1.807, 2.05) is 50.2 Å². The summed E-state index contributed by atoms with van der Waals surface area (Å²) in [6, 6.07) is 21.4. The van der Waals surface area contributed by atoms with Crippen molar-refractivity contribution in [2.24, 2.45) is 0 Å². The van der Waals surface area contributed by atoms with E-state index < -0.39 is 0 Å². The molecule has 0 saturated carbocycles. The molecule has 0 fully saturated rings. The van der Waals surface area contributed by atoms with Gasteiger partial charge in [0.05, 0.1) is 0 Å². The Morgan fingerprint density at radius 2 is 1.38 bits per heavy atom. The van der Waals surface area contributed by atoms with Gasteiger partial charge < -0.3 is 20.7 Å². The molecule has 3 aromatic rings. The Hall–Kier alpha value is -3.80. The van der Waals surface area contributed by atoms with Crippen LogP contribution in [0.3, 0.4) is 0 Å². The molecule has 6 nitrogen and oxygen atoms in total. The van der Waals surface area contributed by atoms with Crippen LogP contribution in [-0.4, -0.2) is 18.5 Å². The van der Waals surface area contributed by atoms with Crippen LogP contribution in [0.1, 0.15) is 11.1 Å². The Kier molecular flexibility index (Phi) is 6.47. The second-order valence-electron chi connectivity index (χ2n) is 6.56. The van der Waals surface area contributed by atoms with Crippen LogP contribution in [-0.2, 0) is 4.79 Å². The second-order valence-corrected chi connectivity index (χ2v) is 6.56. The number of rotatable bonds is 6. The minimum Gasteiger partial charge on any atom is -0.483 e. The van der Waals surface area contributed by atoms with E-state index in [1.54, 1.807) is 36.4 Å². The lowest BCUT2D eigenvalue weighted by atomic mass is 10.1. The highest BCUT2D eigenvalue weighted by Gasteiger charge is 2.08. The van der Waals surface area contributed by atoms with Crippen molar-refractivity contribution in [1.82, 2.24) is 0 Å². The molecule has 3 rings (SSSR count). The van der Waals surface area contributed by atoms with E-state index >= 15 is 0 Å². The average Bonchev–Trinajstić information content (AvgIpc) is 2.70. The van der Waals surface area contributed by atoms with Gasteiger partial charge in [0.25, 0.3) is 5.91 Å². The quantitative estimate of drug-likeness (QED) is 0.557. The summed E-state index contributed by atoms with van der Waals surface area (Å²) in [5, 5.41) is 8.26. The molecule has 0 radical (unpaired) electrons. The third-order valence-electron chi connectivity index (χ3n) is 4.35. The van der Waals surface area contributed by atoms with Crippen molar-refractivity contribution < 1.29 is 14.3 Å². The molecule has 3 amide bonds. The first kappa shape index (κ1) is 19.9. The van der Waals surface area contributed by atoms with Crippen molar-refractivity contribution >= 4 is 29.0 Å². The maximum absolute atomic E-state index is 12.2. The van der Waals surface area contributed by atoms with Crippen LogP contribution in [0, 0.1) is 13.8 Å². The van der Waals surface area contributed by atoms with Gasteiger partial charge in [-0.25, -0.2) is 4.79 Å². The predicted octanol–water partition coefficient (Wildman–Crippen LogP) is 4.96. The second kappa shape index (κ2) is 9.41. The zero-order valence-corrected chi connectivity index (χ0v) is 16.4. The van der Waals surface area contributed by atoms with Crippen LogP contribution in [0.25, 0.3) is 0 Å². The number of ether oxygens (including phenoxy) is 1. The number of amides is 3. The predicted molar refractivity (Wildman–Crippen MR) is 116 cm³/mol. The van der Waals surface area contributed by atoms with Gasteiger partial charge in [-0.05, 0) is 61.4 Å². The Labute approximate surface area is 169 Å². The van der Waals surface area contributed by atoms with Gasteiger partial charge in [0, 0.05) is 17.1 Å². The third kappa shape index (κ3) is 5.84. The van der Waals surface area contributed by atoms with Gasteiger partial charge >= 0.3 is 6.03 Å². The normalized spacial score (nSPS) is 10.1. The number of benzene rings is 3. The highest BCUT2D eigenvalue weighted by molar-refractivity contribution is 6.00. The number of carbonyl (C=O) groups excluding carboxylic acids is 2. The molecule has 0 aliphatic rings. The Morgan fingerprint density at radius 1 is 0.759 bits per heavy atom. The van der Waals surface area contributed by atoms with Crippen molar-refractivity contribution in [3.05, 3.63) is 83.9 Å². The fourth-order valence-electron chi connectivity index (χ4n) is 2.71. The van der Waals surface area contributed by atoms with E-state index in [4.69, 9.17) is 4.74 Å². The van der Waals surface area contributed by atoms with Crippen molar-refractivity contribution in [2.75, 3.05) is 22.6 Å². The van der Waals surface area contributed by atoms with E-state index in [2.05, 4.69) is 16.0 Å². The minimum absolute atomic E-state index is 0.101. The molecule has 0 aromatic heterocycles. The highest BCUT2D eigenvalue weighted by atomic mass is 16.5. The van der Waals surface area contributed by atoms with Crippen LogP contribution >= 0.6 is 0 Å². The minimum atomic E-state index is -0.363. The number of carbonyl (C=O) groups is 2. The monoisotopic (exact) mass is 389 g/mol. The first-order chi connectivity index (χ1) is 14.0. The number of para-hydroxylation sites is 1. The molecule has 148 valence electrons. The molecule has 29 heavy (non-hydrogen) atoms. The number of nitrogens with one attached hydrogen (secondary N) is 3. The molecule has 6 heteroatoms. The van der Waals surface area contributed by atoms with Crippen LogP contribution in [0.2, 0.25) is 0 Å². The Morgan fingerprint density at radius 3 is 2.14 bits per heavy atom. The SMILES string of the molecule is Cc1cccc(OCC(=O)Nc2cccc(NC(=O)Nc3ccccc3)c2)c1C. The van der Waals surface area contributed by atoms with Crippen LogP contribution in [0.5, 0.6) is 5.75 Å². The van der Waals surface area contributed by atoms with E-state index in [1.165, 1.54) is 0 Å². The Bertz CT molecular complexity index is 1000. The number of aryl methyl sites for hydroxylation is 1. The van der Waals surface area contributed by atoms with Crippen LogP contribution in [0.4, 0.5) is 21.9 Å². The number of urea groups is 1. The molecule has 0 atom stereocenters. The van der Waals surface area contributed by atoms with Gasteiger partial charge in [-0.1, -0.05) is 36.4 Å². The zero-order valence-electron chi connectivity index (χ0n) is 16.4. The fourth-order valence-corrected chi connectivity index (χ4v) is 2.71. The molecule has 3 aromatic carbocycles. The summed E-state index contributed by atoms with van der Waals surface area (Å²) in [7, 11) is 0. The summed E-state index contributed by atoms with van der Waals surface area (Å²) in [6.07, 6.45) is 0. The lowest BCUT2D eigenvalue weighted by Gasteiger charge is -2.12. The molecular weight excluding hydrogens is 366 g/mol. The summed E-state index contributed by atoms with van der Waals surface area (Å²) in [5.74, 6) is 0.407. The fraction of sp³-hybridized carbons (Fsp3) is 0.130. The van der Waals surface area contributed by atoms with Gasteiger partial charge in [0.15, 0.2) is 6.61 Å². The lowest BCUT2D eigenvalue weighted by molar-refractivity contribution is -0.118. The Balaban J connectivity index is 1.54. The summed E-state index contributed by atoms with van der Waals surface area (Å²) in [4.78, 5) is 24.3. The van der Waals surface area contributed by atoms with E-state index in [9.17, 15) is 9.59 Å². The summed E-state index contributed by atoms with van der Waals surface area (Å²) in [6.45, 7) is 3.85. The average molecular weight is 389 g/mol. The summed E-state index contributed by atoms with van der Waals surface area (Å²) < 4.78 is 5.62. The van der Waals surface area contributed by atoms with Crippen molar-refractivity contribution in [2.45, 2.75) is 13.8 Å². The standard InChI is InChI=1S/C23H23N3O3/c1-16-8-6-13-21(17(16)2)29-15-22(27)24-19-11-7-12-20(14-19)26-23(28)25-18-9-4-3-5-10-18/h3-14H,15H2,1-2H3,(H,24,27)(H2,25,26,28). The van der Waals surface area contributed by atoms with Crippen molar-refractivity contribution in [1.29, 1.82) is 0 Å². The van der Waals surface area contributed by atoms with Crippen LogP contribution < -0.4 is 20.7 Å². The number of hydrogen-bond donors (Lipinski definition) is 3. The van der Waals surface area contributed by atoms with Gasteiger partial charge in [0.1, 0.15) is 5.75 Å². The molecule has 0 bridgehead atoms. The summed E-state index contributed by atoms with van der Waals surface area (Å²) >= 11 is 0. The van der Waals surface area contributed by atoms with Crippen molar-refractivity contribution in [3.63, 3.8) is 0 Å². The van der Waals surface area contributed by atoms with E-state index in [-0.39, 0.29) is 18.5 Å². The van der Waals surface area contributed by atoms with Gasteiger partial charge in [-0.2, -0.15) is 0 Å². The molecule has 3 N–H and O–H groups in total. The van der Waals surface area contributed by atoms with Crippen molar-refractivity contribution in [3.8, 4) is 5.75 Å². The van der Waals surface area contributed by atoms with Gasteiger partial charge in [-0.3, -0.25) is 4.79 Å².